The van der Waals surface area contributed by atoms with Gasteiger partial charge in [0.1, 0.15) is 0 Å². The molecule has 6 nitrogen and oxygen atoms in total. The number of thiazole rings is 1. The maximum atomic E-state index is 12.5. The molecule has 0 spiro atoms. The molecule has 3 heterocycles. The SMILES string of the molecule is O=S(=O)(c1cnc(Cl)s1)N1CCCC(c2ccn[nH]2)C1. The number of hydrogen-bond acceptors (Lipinski definition) is 5. The molecular formula is C11H13ClN4O2S2. The third-order valence-corrected chi connectivity index (χ3v) is 6.81. The van der Waals surface area contributed by atoms with Crippen molar-refractivity contribution in [2.24, 2.45) is 0 Å². The summed E-state index contributed by atoms with van der Waals surface area (Å²) in [7, 11) is -3.49. The maximum Gasteiger partial charge on any atom is 0.254 e. The zero-order valence-corrected chi connectivity index (χ0v) is 12.9. The van der Waals surface area contributed by atoms with E-state index in [-0.39, 0.29) is 14.6 Å². The summed E-state index contributed by atoms with van der Waals surface area (Å²) >= 11 is 6.72. The van der Waals surface area contributed by atoms with Crippen molar-refractivity contribution in [3.05, 3.63) is 28.6 Å². The lowest BCUT2D eigenvalue weighted by atomic mass is 9.96. The van der Waals surface area contributed by atoms with Crippen molar-refractivity contribution in [1.29, 1.82) is 0 Å². The zero-order chi connectivity index (χ0) is 14.2. The first-order chi connectivity index (χ1) is 9.57. The quantitative estimate of drug-likeness (QED) is 0.933. The molecular weight excluding hydrogens is 320 g/mol. The van der Waals surface area contributed by atoms with Crippen LogP contribution in [0, 0.1) is 0 Å². The van der Waals surface area contributed by atoms with Gasteiger partial charge in [-0.15, -0.1) is 0 Å². The topological polar surface area (TPSA) is 79.0 Å². The van der Waals surface area contributed by atoms with E-state index >= 15 is 0 Å². The number of rotatable bonds is 3. The van der Waals surface area contributed by atoms with Crippen molar-refractivity contribution in [3.63, 3.8) is 0 Å². The molecule has 1 saturated heterocycles. The van der Waals surface area contributed by atoms with E-state index in [2.05, 4.69) is 15.2 Å². The second-order valence-electron chi connectivity index (χ2n) is 4.65. The number of aromatic amines is 1. The highest BCUT2D eigenvalue weighted by molar-refractivity contribution is 7.91. The van der Waals surface area contributed by atoms with Crippen LogP contribution in [0.15, 0.2) is 22.7 Å². The third kappa shape index (κ3) is 2.60. The predicted octanol–water partition coefficient (Wildman–Crippen LogP) is 2.09. The third-order valence-electron chi connectivity index (χ3n) is 3.40. The molecule has 0 amide bonds. The van der Waals surface area contributed by atoms with E-state index in [0.29, 0.717) is 13.1 Å². The second-order valence-corrected chi connectivity index (χ2v) is 8.42. The van der Waals surface area contributed by atoms with E-state index in [4.69, 9.17) is 11.6 Å². The number of nitrogens with one attached hydrogen (secondary N) is 1. The molecule has 1 atom stereocenters. The van der Waals surface area contributed by atoms with Gasteiger partial charge in [-0.05, 0) is 18.9 Å². The summed E-state index contributed by atoms with van der Waals surface area (Å²) in [6.45, 7) is 0.989. The van der Waals surface area contributed by atoms with Gasteiger partial charge in [-0.3, -0.25) is 5.10 Å². The highest BCUT2D eigenvalue weighted by atomic mass is 35.5. The summed E-state index contributed by atoms with van der Waals surface area (Å²) in [5.74, 6) is 0.157. The van der Waals surface area contributed by atoms with Gasteiger partial charge >= 0.3 is 0 Å². The fourth-order valence-electron chi connectivity index (χ4n) is 2.39. The van der Waals surface area contributed by atoms with E-state index in [0.717, 1.165) is 29.9 Å². The summed E-state index contributed by atoms with van der Waals surface area (Å²) in [6.07, 6.45) is 4.79. The first kappa shape index (κ1) is 14.0. The minimum absolute atomic E-state index is 0.157. The molecule has 0 radical (unpaired) electrons. The second kappa shape index (κ2) is 5.44. The highest BCUT2D eigenvalue weighted by Gasteiger charge is 2.32. The molecule has 20 heavy (non-hydrogen) atoms. The Labute approximate surface area is 125 Å². The average molecular weight is 333 g/mol. The average Bonchev–Trinajstić information content (AvgIpc) is 3.10. The van der Waals surface area contributed by atoms with Crippen LogP contribution in [0.2, 0.25) is 4.47 Å². The van der Waals surface area contributed by atoms with E-state index in [1.54, 1.807) is 6.20 Å². The molecule has 9 heteroatoms. The first-order valence-electron chi connectivity index (χ1n) is 6.18. The van der Waals surface area contributed by atoms with Crippen LogP contribution in [0.3, 0.4) is 0 Å². The van der Waals surface area contributed by atoms with Crippen LogP contribution < -0.4 is 0 Å². The number of nitrogens with zero attached hydrogens (tertiary/aromatic N) is 3. The van der Waals surface area contributed by atoms with Gasteiger partial charge in [-0.25, -0.2) is 13.4 Å². The Morgan fingerprint density at radius 3 is 3.00 bits per heavy atom. The van der Waals surface area contributed by atoms with Crippen molar-refractivity contribution in [1.82, 2.24) is 19.5 Å². The van der Waals surface area contributed by atoms with E-state index in [1.165, 1.54) is 10.5 Å². The zero-order valence-electron chi connectivity index (χ0n) is 10.5. The number of halogens is 1. The number of hydrogen-bond donors (Lipinski definition) is 1. The van der Waals surface area contributed by atoms with Crippen molar-refractivity contribution >= 4 is 33.0 Å². The molecule has 2 aromatic heterocycles. The molecule has 3 rings (SSSR count). The standard InChI is InChI=1S/C11H13ClN4O2S2/c12-11-13-6-10(19-11)20(17,18)16-5-1-2-8(7-16)9-3-4-14-15-9/h3-4,6,8H,1-2,5,7H2,(H,14,15). The monoisotopic (exact) mass is 332 g/mol. The van der Waals surface area contributed by atoms with Crippen LogP contribution in [-0.2, 0) is 10.0 Å². The Kier molecular flexibility index (Phi) is 3.80. The largest absolute Gasteiger partial charge is 0.282 e. The number of H-pyrrole nitrogens is 1. The lowest BCUT2D eigenvalue weighted by Gasteiger charge is -2.30. The van der Waals surface area contributed by atoms with Crippen molar-refractivity contribution in [2.75, 3.05) is 13.1 Å². The molecule has 1 N–H and O–H groups in total. The van der Waals surface area contributed by atoms with Crippen LogP contribution in [0.25, 0.3) is 0 Å². The fraction of sp³-hybridized carbons (Fsp3) is 0.455. The molecule has 1 aliphatic heterocycles. The lowest BCUT2D eigenvalue weighted by molar-refractivity contribution is 0.313. The van der Waals surface area contributed by atoms with E-state index in [9.17, 15) is 8.42 Å². The minimum atomic E-state index is -3.49. The van der Waals surface area contributed by atoms with Crippen LogP contribution in [0.4, 0.5) is 0 Å². The fourth-order valence-corrected chi connectivity index (χ4v) is 5.37. The number of aromatic nitrogens is 3. The molecule has 1 unspecified atom stereocenters. The Morgan fingerprint density at radius 2 is 2.35 bits per heavy atom. The molecule has 0 saturated carbocycles. The molecule has 0 aliphatic carbocycles. The molecule has 2 aromatic rings. The lowest BCUT2D eigenvalue weighted by Crippen LogP contribution is -2.38. The van der Waals surface area contributed by atoms with E-state index < -0.39 is 10.0 Å². The van der Waals surface area contributed by atoms with Crippen molar-refractivity contribution in [3.8, 4) is 0 Å². The van der Waals surface area contributed by atoms with Gasteiger partial charge in [0.15, 0.2) is 8.68 Å². The van der Waals surface area contributed by atoms with Gasteiger partial charge in [-0.2, -0.15) is 9.40 Å². The van der Waals surface area contributed by atoms with E-state index in [1.807, 2.05) is 6.07 Å². The van der Waals surface area contributed by atoms with Gasteiger partial charge in [0, 0.05) is 30.9 Å². The maximum absolute atomic E-state index is 12.5. The Balaban J connectivity index is 1.83. The van der Waals surface area contributed by atoms with Gasteiger partial charge in [0.2, 0.25) is 0 Å². The Hall–Kier alpha value is -0.960. The summed E-state index contributed by atoms with van der Waals surface area (Å²) in [5.41, 5.74) is 0.979. The first-order valence-corrected chi connectivity index (χ1v) is 8.81. The number of sulfonamides is 1. The van der Waals surface area contributed by atoms with Crippen molar-refractivity contribution in [2.45, 2.75) is 23.0 Å². The Morgan fingerprint density at radius 1 is 1.50 bits per heavy atom. The minimum Gasteiger partial charge on any atom is -0.282 e. The van der Waals surface area contributed by atoms with Crippen LogP contribution >= 0.6 is 22.9 Å². The summed E-state index contributed by atoms with van der Waals surface area (Å²) in [5, 5.41) is 6.85. The number of piperidine rings is 1. The summed E-state index contributed by atoms with van der Waals surface area (Å²) in [4.78, 5) is 3.81. The van der Waals surface area contributed by atoms with Gasteiger partial charge in [0.05, 0.1) is 6.20 Å². The highest BCUT2D eigenvalue weighted by Crippen LogP contribution is 2.31. The van der Waals surface area contributed by atoms with Gasteiger partial charge in [0.25, 0.3) is 10.0 Å². The molecule has 0 bridgehead atoms. The molecule has 0 aromatic carbocycles. The van der Waals surface area contributed by atoms with Gasteiger partial charge in [-0.1, -0.05) is 22.9 Å². The summed E-state index contributed by atoms with van der Waals surface area (Å²) < 4.78 is 27.0. The molecule has 108 valence electrons. The Bertz CT molecular complexity index is 683. The summed E-state index contributed by atoms with van der Waals surface area (Å²) in [6, 6.07) is 1.89. The van der Waals surface area contributed by atoms with Crippen LogP contribution in [0.1, 0.15) is 24.5 Å². The van der Waals surface area contributed by atoms with Crippen molar-refractivity contribution < 1.29 is 8.42 Å². The molecule has 1 fully saturated rings. The molecule has 1 aliphatic rings. The predicted molar refractivity (Wildman–Crippen MR) is 76.4 cm³/mol. The van der Waals surface area contributed by atoms with Gasteiger partial charge < -0.3 is 0 Å². The van der Waals surface area contributed by atoms with Crippen LogP contribution in [0.5, 0.6) is 0 Å². The normalized spacial score (nSPS) is 21.1. The smallest absolute Gasteiger partial charge is 0.254 e. The van der Waals surface area contributed by atoms with Crippen LogP contribution in [-0.4, -0.2) is 41.0 Å².